The smallest absolute Gasteiger partial charge is 0.413 e. The standard InChI is InChI=1S/C41H56N7O8P/c1-3-4-5-6-7-8-9-10-11-12-13-14-15-16-17-18-19-20-24-27-34(49)43-28-29-45-57(53,56-32-25-22-21-23-26-32)54-30-33-36(50)41(2,52)39(55-33)48-31-44-35-37(48)46-40(42)47-38(35)51/h4-5,7-8,10-11,13-14,16-17,19-23,25-26,31,33,36,39,50,52H,3,6,9,12,15,18,24,27-30H2,1-2H3,(H,43,49)(H,45,53)(H3,42,46,47,51). The highest BCUT2D eigenvalue weighted by molar-refractivity contribution is 7.52. The Labute approximate surface area is 333 Å². The van der Waals surface area contributed by atoms with E-state index in [1.807, 2.05) is 12.2 Å². The molecule has 3 aromatic rings. The number of carbonyl (C=O) groups excluding carboxylic acids is 1. The van der Waals surface area contributed by atoms with E-state index in [-0.39, 0.29) is 48.3 Å². The largest absolute Gasteiger partial charge is 0.458 e. The van der Waals surface area contributed by atoms with Gasteiger partial charge in [0.15, 0.2) is 17.4 Å². The zero-order valence-electron chi connectivity index (χ0n) is 32.6. The maximum atomic E-state index is 13.9. The highest BCUT2D eigenvalue weighted by Crippen LogP contribution is 2.46. The fourth-order valence-electron chi connectivity index (χ4n) is 5.73. The molecule has 2 aromatic heterocycles. The van der Waals surface area contributed by atoms with Crippen molar-refractivity contribution in [3.63, 3.8) is 0 Å². The van der Waals surface area contributed by atoms with Crippen molar-refractivity contribution in [2.75, 3.05) is 25.4 Å². The molecule has 0 radical (unpaired) electrons. The lowest BCUT2D eigenvalue weighted by atomic mass is 9.96. The van der Waals surface area contributed by atoms with Gasteiger partial charge in [0.1, 0.15) is 23.6 Å². The van der Waals surface area contributed by atoms with Gasteiger partial charge in [0.2, 0.25) is 11.9 Å². The first-order chi connectivity index (χ1) is 27.5. The number of allylic oxidation sites excluding steroid dienone is 12. The minimum absolute atomic E-state index is 0.0346. The summed E-state index contributed by atoms with van der Waals surface area (Å²) in [6, 6.07) is 8.36. The van der Waals surface area contributed by atoms with E-state index in [4.69, 9.17) is 19.5 Å². The van der Waals surface area contributed by atoms with Gasteiger partial charge >= 0.3 is 7.75 Å². The zero-order valence-corrected chi connectivity index (χ0v) is 33.5. The summed E-state index contributed by atoms with van der Waals surface area (Å²) in [5.74, 6) is -0.0826. The van der Waals surface area contributed by atoms with Gasteiger partial charge in [-0.15, -0.1) is 0 Å². The number of benzene rings is 1. The van der Waals surface area contributed by atoms with Crippen LogP contribution in [0, 0.1) is 0 Å². The Balaban J connectivity index is 1.17. The number of anilines is 1. The molecule has 1 aliphatic heterocycles. The van der Waals surface area contributed by atoms with E-state index in [1.54, 1.807) is 30.3 Å². The summed E-state index contributed by atoms with van der Waals surface area (Å²) in [6.45, 7) is 3.18. The van der Waals surface area contributed by atoms with Crippen molar-refractivity contribution >= 4 is 30.8 Å². The molecule has 1 amide bonds. The molecule has 5 unspecified atom stereocenters. The number of aromatic nitrogens is 4. The molecule has 0 aliphatic carbocycles. The number of carbonyl (C=O) groups is 1. The number of nitrogens with two attached hydrogens (primary N) is 1. The zero-order chi connectivity index (χ0) is 40.9. The quantitative estimate of drug-likeness (QED) is 0.0344. The van der Waals surface area contributed by atoms with Crippen molar-refractivity contribution in [2.45, 2.75) is 89.3 Å². The fraction of sp³-hybridized carbons (Fsp3) is 0.415. The first-order valence-electron chi connectivity index (χ1n) is 19.2. The molecule has 16 heteroatoms. The highest BCUT2D eigenvalue weighted by Gasteiger charge is 2.54. The number of nitrogen functional groups attached to an aromatic ring is 1. The van der Waals surface area contributed by atoms with E-state index in [0.717, 1.165) is 38.5 Å². The number of aliphatic hydroxyl groups excluding tert-OH is 1. The normalized spacial score (nSPS) is 21.4. The third-order valence-electron chi connectivity index (χ3n) is 8.72. The monoisotopic (exact) mass is 805 g/mol. The molecule has 0 bridgehead atoms. The number of hydrogen-bond acceptors (Lipinski definition) is 11. The van der Waals surface area contributed by atoms with Crippen LogP contribution in [0.15, 0.2) is 114 Å². The van der Waals surface area contributed by atoms with Gasteiger partial charge in [-0.05, 0) is 64.0 Å². The summed E-state index contributed by atoms with van der Waals surface area (Å²) in [5.41, 5.74) is 3.22. The summed E-state index contributed by atoms with van der Waals surface area (Å²) in [6.07, 6.45) is 29.3. The van der Waals surface area contributed by atoms with Crippen molar-refractivity contribution in [3.05, 3.63) is 120 Å². The third kappa shape index (κ3) is 14.5. The van der Waals surface area contributed by atoms with Crippen LogP contribution in [0.3, 0.4) is 0 Å². The Bertz CT molecular complexity index is 1990. The molecule has 0 spiro atoms. The number of fused-ring (bicyclic) bond motifs is 1. The molecule has 1 aliphatic rings. The second kappa shape index (κ2) is 23.4. The molecule has 57 heavy (non-hydrogen) atoms. The van der Waals surface area contributed by atoms with Gasteiger partial charge in [0.05, 0.1) is 12.9 Å². The summed E-state index contributed by atoms with van der Waals surface area (Å²) >= 11 is 0. The molecule has 15 nitrogen and oxygen atoms in total. The third-order valence-corrected chi connectivity index (χ3v) is 10.3. The maximum absolute atomic E-state index is 13.9. The van der Waals surface area contributed by atoms with Crippen LogP contribution in [0.5, 0.6) is 5.75 Å². The van der Waals surface area contributed by atoms with Crippen LogP contribution in [0.2, 0.25) is 0 Å². The number of aliphatic hydroxyl groups is 2. The number of ether oxygens (including phenoxy) is 1. The number of H-pyrrole nitrogens is 1. The molecule has 308 valence electrons. The van der Waals surface area contributed by atoms with Gasteiger partial charge in [-0.1, -0.05) is 98.0 Å². The molecule has 4 rings (SSSR count). The number of amides is 1. The van der Waals surface area contributed by atoms with E-state index in [1.165, 1.54) is 17.8 Å². The van der Waals surface area contributed by atoms with Gasteiger partial charge in [-0.3, -0.25) is 23.7 Å². The van der Waals surface area contributed by atoms with Gasteiger partial charge in [0.25, 0.3) is 5.56 Å². The Morgan fingerprint density at radius 2 is 1.58 bits per heavy atom. The Morgan fingerprint density at radius 1 is 0.982 bits per heavy atom. The first-order valence-corrected chi connectivity index (χ1v) is 20.8. The number of nitrogens with zero attached hydrogens (tertiary/aromatic N) is 3. The highest BCUT2D eigenvalue weighted by atomic mass is 31.2. The second-order valence-corrected chi connectivity index (χ2v) is 15.1. The van der Waals surface area contributed by atoms with Gasteiger partial charge in [-0.25, -0.2) is 14.6 Å². The number of nitrogens with one attached hydrogen (secondary N) is 3. The van der Waals surface area contributed by atoms with Gasteiger partial charge < -0.3 is 30.5 Å². The van der Waals surface area contributed by atoms with E-state index in [2.05, 4.69) is 93.0 Å². The van der Waals surface area contributed by atoms with Crippen LogP contribution in [-0.4, -0.2) is 73.1 Å². The van der Waals surface area contributed by atoms with Gasteiger partial charge in [0, 0.05) is 19.5 Å². The van der Waals surface area contributed by atoms with Crippen LogP contribution in [0.1, 0.15) is 71.4 Å². The lowest BCUT2D eigenvalue weighted by molar-refractivity contribution is -0.120. The number of imidazole rings is 1. The van der Waals surface area contributed by atoms with Crippen LogP contribution >= 0.6 is 7.75 Å². The Morgan fingerprint density at radius 3 is 2.19 bits per heavy atom. The molecule has 1 fully saturated rings. The average Bonchev–Trinajstić information content (AvgIpc) is 3.70. The van der Waals surface area contributed by atoms with Crippen molar-refractivity contribution in [1.82, 2.24) is 29.9 Å². The lowest BCUT2D eigenvalue weighted by Gasteiger charge is -2.27. The van der Waals surface area contributed by atoms with E-state index >= 15 is 0 Å². The molecule has 7 N–H and O–H groups in total. The number of rotatable bonds is 24. The van der Waals surface area contributed by atoms with Gasteiger partial charge in [-0.2, -0.15) is 4.98 Å². The average molecular weight is 806 g/mol. The van der Waals surface area contributed by atoms with Crippen molar-refractivity contribution in [1.29, 1.82) is 0 Å². The van der Waals surface area contributed by atoms with Crippen molar-refractivity contribution < 1.29 is 33.4 Å². The van der Waals surface area contributed by atoms with E-state index in [9.17, 15) is 24.4 Å². The molecule has 3 heterocycles. The fourth-order valence-corrected chi connectivity index (χ4v) is 7.06. The number of hydrogen-bond donors (Lipinski definition) is 6. The molecule has 5 atom stereocenters. The van der Waals surface area contributed by atoms with Crippen LogP contribution in [0.4, 0.5) is 5.95 Å². The van der Waals surface area contributed by atoms with Crippen molar-refractivity contribution in [3.8, 4) is 5.75 Å². The Hall–Kier alpha value is -4.89. The summed E-state index contributed by atoms with van der Waals surface area (Å²) in [5, 5.41) is 27.8. The molecule has 1 aromatic carbocycles. The molecular formula is C41H56N7O8P. The van der Waals surface area contributed by atoms with Crippen LogP contribution < -0.4 is 26.2 Å². The topological polar surface area (TPSA) is 216 Å². The van der Waals surface area contributed by atoms with Crippen LogP contribution in [0.25, 0.3) is 11.2 Å². The van der Waals surface area contributed by atoms with E-state index < -0.39 is 43.9 Å². The minimum Gasteiger partial charge on any atom is -0.413 e. The minimum atomic E-state index is -4.11. The molecule has 1 saturated heterocycles. The van der Waals surface area contributed by atoms with Crippen molar-refractivity contribution in [2.24, 2.45) is 0 Å². The van der Waals surface area contributed by atoms with Crippen LogP contribution in [-0.2, 0) is 18.6 Å². The van der Waals surface area contributed by atoms with E-state index in [0.29, 0.717) is 6.42 Å². The summed E-state index contributed by atoms with van der Waals surface area (Å²) in [7, 11) is -4.11. The lowest BCUT2D eigenvalue weighted by Crippen LogP contribution is -2.44. The predicted molar refractivity (Wildman–Crippen MR) is 222 cm³/mol. The second-order valence-electron chi connectivity index (χ2n) is 13.4. The Kier molecular flexibility index (Phi) is 18.4. The molecular weight excluding hydrogens is 749 g/mol. The molecule has 0 saturated carbocycles. The summed E-state index contributed by atoms with van der Waals surface area (Å²) in [4.78, 5) is 35.2. The predicted octanol–water partition coefficient (Wildman–Crippen LogP) is 6.10. The summed E-state index contributed by atoms with van der Waals surface area (Å²) < 4.78 is 32.6. The SMILES string of the molecule is CCC=CCC=CCC=CCC=CCC=CCC=CCCC(=O)NCCNP(=O)(OCC1OC(n2cnc3c(=O)[nH]c(N)nc32)C(C)(O)C1O)Oc1ccccc1. The maximum Gasteiger partial charge on any atom is 0.458 e. The first kappa shape index (κ1) is 44.8. The number of aromatic amines is 1. The number of para-hydroxylation sites is 1.